The number of halogens is 1. The molecule has 0 aliphatic carbocycles. The predicted molar refractivity (Wildman–Crippen MR) is 88.8 cm³/mol. The van der Waals surface area contributed by atoms with Crippen LogP contribution < -0.4 is 10.0 Å². The summed E-state index contributed by atoms with van der Waals surface area (Å²) in [6.07, 6.45) is 0. The van der Waals surface area contributed by atoms with E-state index in [-0.39, 0.29) is 10.7 Å². The van der Waals surface area contributed by atoms with Gasteiger partial charge in [0.25, 0.3) is 10.0 Å². The highest BCUT2D eigenvalue weighted by molar-refractivity contribution is 7.92. The minimum Gasteiger partial charge on any atom is -0.360 e. The monoisotopic (exact) mass is 365 g/mol. The van der Waals surface area contributed by atoms with Gasteiger partial charge in [-0.05, 0) is 43.3 Å². The molecule has 0 spiro atoms. The van der Waals surface area contributed by atoms with Crippen LogP contribution in [0.1, 0.15) is 5.76 Å². The molecule has 3 rings (SSSR count). The van der Waals surface area contributed by atoms with E-state index in [1.54, 1.807) is 19.1 Å². The lowest BCUT2D eigenvalue weighted by atomic mass is 10.4. The van der Waals surface area contributed by atoms with Gasteiger partial charge in [0.05, 0.1) is 4.90 Å². The Balaban J connectivity index is 1.72. The van der Waals surface area contributed by atoms with Crippen LogP contribution in [0.5, 0.6) is 0 Å². The molecule has 3 aromatic rings. The maximum Gasteiger partial charge on any atom is 0.263 e. The molecule has 10 heteroatoms. The SMILES string of the molecule is Cc1cc(Nc2ccc(NS(=O)(=O)c3ccc(Cl)cc3)nn2)no1. The summed E-state index contributed by atoms with van der Waals surface area (Å²) in [5.74, 6) is 1.62. The minimum absolute atomic E-state index is 0.0778. The molecule has 0 aliphatic heterocycles. The highest BCUT2D eigenvalue weighted by Crippen LogP contribution is 2.18. The largest absolute Gasteiger partial charge is 0.360 e. The van der Waals surface area contributed by atoms with Gasteiger partial charge in [0.15, 0.2) is 17.5 Å². The zero-order chi connectivity index (χ0) is 17.2. The molecule has 1 aromatic carbocycles. The molecule has 2 heterocycles. The van der Waals surface area contributed by atoms with Crippen molar-refractivity contribution in [2.75, 3.05) is 10.0 Å². The topological polar surface area (TPSA) is 110 Å². The summed E-state index contributed by atoms with van der Waals surface area (Å²) in [5.41, 5.74) is 0. The number of anilines is 3. The van der Waals surface area contributed by atoms with E-state index >= 15 is 0 Å². The van der Waals surface area contributed by atoms with Crippen LogP contribution in [0.15, 0.2) is 51.9 Å². The number of nitrogens with zero attached hydrogens (tertiary/aromatic N) is 3. The van der Waals surface area contributed by atoms with E-state index in [1.807, 2.05) is 0 Å². The lowest BCUT2D eigenvalue weighted by molar-refractivity contribution is 0.400. The van der Waals surface area contributed by atoms with Gasteiger partial charge in [0.2, 0.25) is 0 Å². The number of benzene rings is 1. The number of hydrogen-bond donors (Lipinski definition) is 2. The molecular weight excluding hydrogens is 354 g/mol. The summed E-state index contributed by atoms with van der Waals surface area (Å²) in [6, 6.07) is 10.5. The van der Waals surface area contributed by atoms with Crippen LogP contribution in [0.3, 0.4) is 0 Å². The summed E-state index contributed by atoms with van der Waals surface area (Å²) in [6.45, 7) is 1.76. The van der Waals surface area contributed by atoms with E-state index in [1.165, 1.54) is 30.3 Å². The molecule has 0 fully saturated rings. The quantitative estimate of drug-likeness (QED) is 0.715. The number of sulfonamides is 1. The van der Waals surface area contributed by atoms with E-state index in [0.717, 1.165) is 0 Å². The maximum absolute atomic E-state index is 12.2. The van der Waals surface area contributed by atoms with Crippen molar-refractivity contribution in [2.24, 2.45) is 0 Å². The molecular formula is C14H12ClN5O3S. The van der Waals surface area contributed by atoms with Crippen molar-refractivity contribution in [3.8, 4) is 0 Å². The molecule has 0 bridgehead atoms. The van der Waals surface area contributed by atoms with Crippen LogP contribution in [-0.2, 0) is 10.0 Å². The molecule has 124 valence electrons. The van der Waals surface area contributed by atoms with E-state index in [4.69, 9.17) is 16.1 Å². The number of nitrogens with one attached hydrogen (secondary N) is 2. The third kappa shape index (κ3) is 3.81. The van der Waals surface area contributed by atoms with Gasteiger partial charge in [-0.2, -0.15) is 0 Å². The molecule has 0 unspecified atom stereocenters. The second-order valence-corrected chi connectivity index (χ2v) is 6.93. The molecule has 0 saturated heterocycles. The molecule has 8 nitrogen and oxygen atoms in total. The van der Waals surface area contributed by atoms with Crippen molar-refractivity contribution in [2.45, 2.75) is 11.8 Å². The fourth-order valence-electron chi connectivity index (χ4n) is 1.82. The zero-order valence-corrected chi connectivity index (χ0v) is 14.0. The van der Waals surface area contributed by atoms with Crippen molar-refractivity contribution in [1.82, 2.24) is 15.4 Å². The van der Waals surface area contributed by atoms with Crippen LogP contribution in [0.25, 0.3) is 0 Å². The molecule has 2 N–H and O–H groups in total. The Morgan fingerprint density at radius 1 is 1.00 bits per heavy atom. The molecule has 24 heavy (non-hydrogen) atoms. The molecule has 0 saturated carbocycles. The van der Waals surface area contributed by atoms with Gasteiger partial charge in [-0.1, -0.05) is 16.8 Å². The first-order chi connectivity index (χ1) is 11.4. The Labute approximate surface area is 142 Å². The van der Waals surface area contributed by atoms with E-state index in [9.17, 15) is 8.42 Å². The van der Waals surface area contributed by atoms with E-state index in [0.29, 0.717) is 22.4 Å². The predicted octanol–water partition coefficient (Wildman–Crippen LogP) is 2.97. The van der Waals surface area contributed by atoms with Crippen molar-refractivity contribution in [3.63, 3.8) is 0 Å². The molecule has 2 aromatic heterocycles. The standard InChI is InChI=1S/C14H12ClN5O3S/c1-9-8-14(19-23-9)16-12-6-7-13(18-17-12)20-24(21,22)11-4-2-10(15)3-5-11/h2-8H,1H3,(H,18,20)(H,16,17,19). The molecule has 0 amide bonds. The smallest absolute Gasteiger partial charge is 0.263 e. The average molecular weight is 366 g/mol. The first kappa shape index (κ1) is 16.2. The Hall–Kier alpha value is -2.65. The molecule has 0 aliphatic rings. The summed E-state index contributed by atoms with van der Waals surface area (Å²) in [7, 11) is -3.76. The summed E-state index contributed by atoms with van der Waals surface area (Å²) in [4.78, 5) is 0.0778. The van der Waals surface area contributed by atoms with Crippen LogP contribution >= 0.6 is 11.6 Å². The van der Waals surface area contributed by atoms with Gasteiger partial charge in [0, 0.05) is 11.1 Å². The van der Waals surface area contributed by atoms with Crippen molar-refractivity contribution in [1.29, 1.82) is 0 Å². The van der Waals surface area contributed by atoms with Crippen LogP contribution in [-0.4, -0.2) is 23.8 Å². The highest BCUT2D eigenvalue weighted by Gasteiger charge is 2.15. The highest BCUT2D eigenvalue weighted by atomic mass is 35.5. The Kier molecular flexibility index (Phi) is 4.36. The van der Waals surface area contributed by atoms with Crippen LogP contribution in [0.2, 0.25) is 5.02 Å². The average Bonchev–Trinajstić information content (AvgIpc) is 2.94. The van der Waals surface area contributed by atoms with Crippen molar-refractivity contribution in [3.05, 3.63) is 53.2 Å². The number of aromatic nitrogens is 3. The second-order valence-electron chi connectivity index (χ2n) is 4.81. The minimum atomic E-state index is -3.76. The van der Waals surface area contributed by atoms with E-state index < -0.39 is 10.0 Å². The Morgan fingerprint density at radius 3 is 2.25 bits per heavy atom. The Morgan fingerprint density at radius 2 is 1.67 bits per heavy atom. The summed E-state index contributed by atoms with van der Waals surface area (Å²) in [5, 5.41) is 14.8. The summed E-state index contributed by atoms with van der Waals surface area (Å²) >= 11 is 5.75. The van der Waals surface area contributed by atoms with Gasteiger partial charge in [-0.3, -0.25) is 4.72 Å². The summed E-state index contributed by atoms with van der Waals surface area (Å²) < 4.78 is 31.7. The number of hydrogen-bond acceptors (Lipinski definition) is 7. The number of rotatable bonds is 5. The first-order valence-electron chi connectivity index (χ1n) is 6.75. The lowest BCUT2D eigenvalue weighted by Crippen LogP contribution is -2.14. The fourth-order valence-corrected chi connectivity index (χ4v) is 2.94. The fraction of sp³-hybridized carbons (Fsp3) is 0.0714. The van der Waals surface area contributed by atoms with Crippen molar-refractivity contribution >= 4 is 39.1 Å². The van der Waals surface area contributed by atoms with Gasteiger partial charge >= 0.3 is 0 Å². The molecule has 0 atom stereocenters. The van der Waals surface area contributed by atoms with Gasteiger partial charge < -0.3 is 9.84 Å². The zero-order valence-electron chi connectivity index (χ0n) is 12.4. The lowest BCUT2D eigenvalue weighted by Gasteiger charge is -2.07. The van der Waals surface area contributed by atoms with Gasteiger partial charge in [-0.25, -0.2) is 8.42 Å². The third-order valence-electron chi connectivity index (χ3n) is 2.91. The normalized spacial score (nSPS) is 11.2. The second kappa shape index (κ2) is 6.46. The van der Waals surface area contributed by atoms with Gasteiger partial charge in [-0.15, -0.1) is 10.2 Å². The van der Waals surface area contributed by atoms with Crippen molar-refractivity contribution < 1.29 is 12.9 Å². The van der Waals surface area contributed by atoms with Crippen LogP contribution in [0.4, 0.5) is 17.5 Å². The van der Waals surface area contributed by atoms with Gasteiger partial charge in [0.1, 0.15) is 5.76 Å². The first-order valence-corrected chi connectivity index (χ1v) is 8.61. The number of aryl methyl sites for hydroxylation is 1. The molecule has 0 radical (unpaired) electrons. The van der Waals surface area contributed by atoms with Crippen LogP contribution in [0, 0.1) is 6.92 Å². The third-order valence-corrected chi connectivity index (χ3v) is 4.53. The Bertz CT molecular complexity index is 939. The maximum atomic E-state index is 12.2. The van der Waals surface area contributed by atoms with E-state index in [2.05, 4.69) is 25.4 Å².